The number of carbonyl (C=O) groups is 2. The molecule has 0 atom stereocenters. The molecule has 0 saturated heterocycles. The monoisotopic (exact) mass is 307 g/mol. The van der Waals surface area contributed by atoms with Gasteiger partial charge in [-0.1, -0.05) is 19.3 Å². The molecule has 1 rings (SSSR count). The van der Waals surface area contributed by atoms with Gasteiger partial charge in [-0.15, -0.1) is 0 Å². The van der Waals surface area contributed by atoms with Gasteiger partial charge < -0.3 is 9.84 Å². The molecule has 2 N–H and O–H groups in total. The Balaban J connectivity index is 2.58. The van der Waals surface area contributed by atoms with Crippen LogP contribution in [0.2, 0.25) is 0 Å². The van der Waals surface area contributed by atoms with Crippen LogP contribution in [0.3, 0.4) is 0 Å². The van der Waals surface area contributed by atoms with Crippen molar-refractivity contribution in [3.63, 3.8) is 0 Å². The van der Waals surface area contributed by atoms with E-state index in [1.807, 2.05) is 0 Å². The fourth-order valence-corrected chi connectivity index (χ4v) is 3.41. The van der Waals surface area contributed by atoms with E-state index in [9.17, 15) is 23.1 Å². The molecule has 1 fully saturated rings. The van der Waals surface area contributed by atoms with Crippen LogP contribution in [0.1, 0.15) is 38.5 Å². The van der Waals surface area contributed by atoms with Gasteiger partial charge in [0.25, 0.3) is 0 Å². The molecule has 0 aromatic carbocycles. The maximum absolute atomic E-state index is 11.7. The van der Waals surface area contributed by atoms with Gasteiger partial charge in [0.1, 0.15) is 0 Å². The summed E-state index contributed by atoms with van der Waals surface area (Å²) in [5.41, 5.74) is -1.02. The van der Waals surface area contributed by atoms with Gasteiger partial charge in [-0.3, -0.25) is 9.59 Å². The van der Waals surface area contributed by atoms with Crippen molar-refractivity contribution in [2.24, 2.45) is 5.41 Å². The molecule has 8 heteroatoms. The van der Waals surface area contributed by atoms with Gasteiger partial charge >= 0.3 is 11.9 Å². The molecule has 0 spiro atoms. The second-order valence-electron chi connectivity index (χ2n) is 5.11. The first-order valence-corrected chi connectivity index (χ1v) is 8.24. The molecule has 0 heterocycles. The number of ether oxygens (including phenoxy) is 1. The molecular weight excluding hydrogens is 286 g/mol. The smallest absolute Gasteiger partial charge is 0.310 e. The Morgan fingerprint density at radius 3 is 2.35 bits per heavy atom. The first-order chi connectivity index (χ1) is 9.31. The van der Waals surface area contributed by atoms with Gasteiger partial charge in [0.15, 0.2) is 0 Å². The average molecular weight is 307 g/mol. The molecule has 7 nitrogen and oxygen atoms in total. The molecule has 0 aliphatic heterocycles. The molecule has 0 radical (unpaired) electrons. The molecule has 0 unspecified atom stereocenters. The Kier molecular flexibility index (Phi) is 5.94. The highest BCUT2D eigenvalue weighted by Crippen LogP contribution is 2.36. The van der Waals surface area contributed by atoms with E-state index in [1.54, 1.807) is 0 Å². The molecule has 1 aliphatic carbocycles. The summed E-state index contributed by atoms with van der Waals surface area (Å²) in [6, 6.07) is 0. The first kappa shape index (κ1) is 16.9. The predicted molar refractivity (Wildman–Crippen MR) is 71.6 cm³/mol. The lowest BCUT2D eigenvalue weighted by Crippen LogP contribution is -2.45. The molecule has 0 aromatic rings. The van der Waals surface area contributed by atoms with E-state index in [0.29, 0.717) is 12.8 Å². The van der Waals surface area contributed by atoms with Crippen molar-refractivity contribution >= 4 is 22.0 Å². The lowest BCUT2D eigenvalue weighted by molar-refractivity contribution is -0.150. The third-order valence-corrected chi connectivity index (χ3v) is 5.02. The van der Waals surface area contributed by atoms with Crippen molar-refractivity contribution in [2.75, 3.05) is 19.4 Å². The third kappa shape index (κ3) is 4.75. The van der Waals surface area contributed by atoms with Crippen LogP contribution in [0.4, 0.5) is 0 Å². The third-order valence-electron chi connectivity index (χ3n) is 3.70. The fourth-order valence-electron chi connectivity index (χ4n) is 2.33. The standard InChI is InChI=1S/C12H21NO6S/c1-19-10(14)5-8-20(17,18)13-9-12(11(15)16)6-3-2-4-7-12/h13H,2-9H2,1H3,(H,15,16). The van der Waals surface area contributed by atoms with E-state index in [2.05, 4.69) is 9.46 Å². The van der Waals surface area contributed by atoms with E-state index in [-0.39, 0.29) is 13.0 Å². The van der Waals surface area contributed by atoms with E-state index in [1.165, 1.54) is 7.11 Å². The Hall–Kier alpha value is -1.15. The van der Waals surface area contributed by atoms with Crippen molar-refractivity contribution in [1.29, 1.82) is 0 Å². The van der Waals surface area contributed by atoms with Gasteiger partial charge in [-0.05, 0) is 12.8 Å². The largest absolute Gasteiger partial charge is 0.481 e. The summed E-state index contributed by atoms with van der Waals surface area (Å²) in [4.78, 5) is 22.3. The summed E-state index contributed by atoms with van der Waals surface area (Å²) in [7, 11) is -2.49. The summed E-state index contributed by atoms with van der Waals surface area (Å²) in [6.45, 7) is -0.119. The number of sulfonamides is 1. The second-order valence-corrected chi connectivity index (χ2v) is 7.04. The highest BCUT2D eigenvalue weighted by atomic mass is 32.2. The van der Waals surface area contributed by atoms with Crippen LogP contribution in [0.25, 0.3) is 0 Å². The number of aliphatic carboxylic acids is 1. The molecule has 0 bridgehead atoms. The molecule has 116 valence electrons. The maximum atomic E-state index is 11.7. The molecule has 1 aliphatic rings. The lowest BCUT2D eigenvalue weighted by Gasteiger charge is -2.33. The number of carboxylic acid groups (broad SMARTS) is 1. The fraction of sp³-hybridized carbons (Fsp3) is 0.833. The normalized spacial score (nSPS) is 18.4. The number of methoxy groups -OCH3 is 1. The zero-order chi connectivity index (χ0) is 15.2. The minimum Gasteiger partial charge on any atom is -0.481 e. The number of esters is 1. The minimum absolute atomic E-state index is 0.119. The van der Waals surface area contributed by atoms with Crippen LogP contribution in [0.15, 0.2) is 0 Å². The average Bonchev–Trinajstić information content (AvgIpc) is 2.43. The van der Waals surface area contributed by atoms with E-state index < -0.39 is 33.1 Å². The highest BCUT2D eigenvalue weighted by Gasteiger charge is 2.40. The van der Waals surface area contributed by atoms with Gasteiger partial charge in [0.05, 0.1) is 24.7 Å². The van der Waals surface area contributed by atoms with Crippen LogP contribution in [0, 0.1) is 5.41 Å². The van der Waals surface area contributed by atoms with E-state index in [0.717, 1.165) is 19.3 Å². The van der Waals surface area contributed by atoms with Crippen molar-refractivity contribution in [2.45, 2.75) is 38.5 Å². The van der Waals surface area contributed by atoms with Crippen LogP contribution < -0.4 is 4.72 Å². The number of carboxylic acids is 1. The second kappa shape index (κ2) is 7.03. The predicted octanol–water partition coefficient (Wildman–Crippen LogP) is 0.504. The Bertz CT molecular complexity index is 453. The van der Waals surface area contributed by atoms with Crippen LogP contribution in [-0.2, 0) is 24.3 Å². The number of rotatable bonds is 7. The lowest BCUT2D eigenvalue weighted by atomic mass is 9.74. The van der Waals surface area contributed by atoms with Gasteiger partial charge in [-0.2, -0.15) is 0 Å². The number of nitrogens with one attached hydrogen (secondary N) is 1. The van der Waals surface area contributed by atoms with Gasteiger partial charge in [-0.25, -0.2) is 13.1 Å². The zero-order valence-electron chi connectivity index (χ0n) is 11.6. The van der Waals surface area contributed by atoms with Crippen LogP contribution >= 0.6 is 0 Å². The SMILES string of the molecule is COC(=O)CCS(=O)(=O)NCC1(C(=O)O)CCCCC1. The van der Waals surface area contributed by atoms with E-state index >= 15 is 0 Å². The molecule has 0 amide bonds. The summed E-state index contributed by atoms with van der Waals surface area (Å²) >= 11 is 0. The molecule has 0 aromatic heterocycles. The summed E-state index contributed by atoms with van der Waals surface area (Å²) < 4.78 is 30.2. The molecule has 1 saturated carbocycles. The first-order valence-electron chi connectivity index (χ1n) is 6.59. The number of hydrogen-bond acceptors (Lipinski definition) is 5. The number of hydrogen-bond donors (Lipinski definition) is 2. The summed E-state index contributed by atoms with van der Waals surface area (Å²) in [5, 5.41) is 9.33. The number of carbonyl (C=O) groups excluding carboxylic acids is 1. The van der Waals surface area contributed by atoms with Crippen molar-refractivity contribution in [3.05, 3.63) is 0 Å². The minimum atomic E-state index is -3.67. The molecule has 20 heavy (non-hydrogen) atoms. The van der Waals surface area contributed by atoms with E-state index in [4.69, 9.17) is 0 Å². The Morgan fingerprint density at radius 1 is 1.25 bits per heavy atom. The van der Waals surface area contributed by atoms with Crippen LogP contribution in [0.5, 0.6) is 0 Å². The molecular formula is C12H21NO6S. The van der Waals surface area contributed by atoms with Crippen molar-refractivity contribution < 1.29 is 27.9 Å². The topological polar surface area (TPSA) is 110 Å². The van der Waals surface area contributed by atoms with Gasteiger partial charge in [0, 0.05) is 6.54 Å². The van der Waals surface area contributed by atoms with Crippen molar-refractivity contribution in [1.82, 2.24) is 4.72 Å². The summed E-state index contributed by atoms with van der Waals surface area (Å²) in [6.07, 6.45) is 3.26. The van der Waals surface area contributed by atoms with Crippen LogP contribution in [-0.4, -0.2) is 44.9 Å². The Morgan fingerprint density at radius 2 is 1.85 bits per heavy atom. The highest BCUT2D eigenvalue weighted by molar-refractivity contribution is 7.89. The van der Waals surface area contributed by atoms with Gasteiger partial charge in [0.2, 0.25) is 10.0 Å². The zero-order valence-corrected chi connectivity index (χ0v) is 12.4. The summed E-state index contributed by atoms with van der Waals surface area (Å²) in [5.74, 6) is -1.97. The maximum Gasteiger partial charge on any atom is 0.310 e. The van der Waals surface area contributed by atoms with Crippen molar-refractivity contribution in [3.8, 4) is 0 Å². The Labute approximate surface area is 118 Å². The quantitative estimate of drug-likeness (QED) is 0.663.